The predicted octanol–water partition coefficient (Wildman–Crippen LogP) is 4.47. The molecule has 1 aliphatic heterocycles. The fraction of sp³-hybridized carbons (Fsp3) is 0.524. The number of allylic oxidation sites excluding steroid dienone is 1. The third kappa shape index (κ3) is 4.87. The Morgan fingerprint density at radius 3 is 2.58 bits per heavy atom. The van der Waals surface area contributed by atoms with Gasteiger partial charge in [0.2, 0.25) is 0 Å². The second-order valence-electron chi connectivity index (χ2n) is 7.66. The molecule has 1 aliphatic rings. The molecule has 0 unspecified atom stereocenters. The molecule has 1 heterocycles. The van der Waals surface area contributed by atoms with E-state index in [1.165, 1.54) is 0 Å². The maximum absolute atomic E-state index is 13.0. The van der Waals surface area contributed by atoms with Crippen molar-refractivity contribution in [3.8, 4) is 0 Å². The number of carbonyl (C=O) groups is 2. The Morgan fingerprint density at radius 1 is 1.27 bits per heavy atom. The summed E-state index contributed by atoms with van der Waals surface area (Å²) >= 11 is 0. The topological polar surface area (TPSA) is 55.8 Å². The smallest absolute Gasteiger partial charge is 0.411 e. The van der Waals surface area contributed by atoms with Crippen LogP contribution in [0, 0.1) is 0 Å². The lowest BCUT2D eigenvalue weighted by molar-refractivity contribution is -0.158. The van der Waals surface area contributed by atoms with Crippen LogP contribution in [-0.2, 0) is 20.9 Å². The Balaban J connectivity index is 2.17. The van der Waals surface area contributed by atoms with Crippen LogP contribution in [0.5, 0.6) is 0 Å². The normalized spacial score (nSPS) is 19.9. The molecule has 0 spiro atoms. The Bertz CT molecular complexity index is 635. The molecule has 1 aromatic carbocycles. The summed E-state index contributed by atoms with van der Waals surface area (Å²) in [6.07, 6.45) is 3.74. The van der Waals surface area contributed by atoms with Gasteiger partial charge in [0.05, 0.1) is 0 Å². The van der Waals surface area contributed by atoms with Crippen LogP contribution in [0.4, 0.5) is 4.79 Å². The molecule has 1 amide bonds. The van der Waals surface area contributed by atoms with E-state index < -0.39 is 17.2 Å². The number of amides is 1. The second kappa shape index (κ2) is 8.39. The van der Waals surface area contributed by atoms with Gasteiger partial charge in [0.1, 0.15) is 17.7 Å². The summed E-state index contributed by atoms with van der Waals surface area (Å²) in [7, 11) is 0. The van der Waals surface area contributed by atoms with Gasteiger partial charge in [0, 0.05) is 6.54 Å². The van der Waals surface area contributed by atoms with Gasteiger partial charge in [0.25, 0.3) is 0 Å². The van der Waals surface area contributed by atoms with E-state index in [1.54, 1.807) is 11.0 Å². The summed E-state index contributed by atoms with van der Waals surface area (Å²) < 4.78 is 11.1. The monoisotopic (exact) mass is 359 g/mol. The number of hydrogen-bond acceptors (Lipinski definition) is 4. The van der Waals surface area contributed by atoms with Gasteiger partial charge in [-0.05, 0) is 52.0 Å². The van der Waals surface area contributed by atoms with E-state index in [-0.39, 0.29) is 12.6 Å². The molecule has 1 atom stereocenters. The molecular formula is C21H29NO4. The minimum atomic E-state index is -0.981. The van der Waals surface area contributed by atoms with Crippen molar-refractivity contribution in [1.29, 1.82) is 0 Å². The van der Waals surface area contributed by atoms with Gasteiger partial charge in [-0.25, -0.2) is 9.59 Å². The lowest BCUT2D eigenvalue weighted by atomic mass is 9.90. The molecule has 0 aromatic heterocycles. The first-order valence-electron chi connectivity index (χ1n) is 9.11. The van der Waals surface area contributed by atoms with Crippen molar-refractivity contribution in [1.82, 2.24) is 4.90 Å². The third-order valence-electron chi connectivity index (χ3n) is 4.46. The van der Waals surface area contributed by atoms with Crippen LogP contribution in [0.3, 0.4) is 0 Å². The van der Waals surface area contributed by atoms with E-state index >= 15 is 0 Å². The van der Waals surface area contributed by atoms with Crippen molar-refractivity contribution in [2.24, 2.45) is 0 Å². The summed E-state index contributed by atoms with van der Waals surface area (Å²) in [5.41, 5.74) is -0.676. The van der Waals surface area contributed by atoms with E-state index in [0.717, 1.165) is 12.0 Å². The molecule has 0 aliphatic carbocycles. The van der Waals surface area contributed by atoms with Crippen molar-refractivity contribution < 1.29 is 19.1 Å². The van der Waals surface area contributed by atoms with Crippen molar-refractivity contribution in [2.75, 3.05) is 6.54 Å². The van der Waals surface area contributed by atoms with E-state index in [4.69, 9.17) is 9.47 Å². The molecule has 0 radical (unpaired) electrons. The molecule has 5 nitrogen and oxygen atoms in total. The van der Waals surface area contributed by atoms with Crippen molar-refractivity contribution >= 4 is 12.1 Å². The lowest BCUT2D eigenvalue weighted by Gasteiger charge is -2.37. The zero-order valence-corrected chi connectivity index (χ0v) is 16.0. The van der Waals surface area contributed by atoms with Crippen LogP contribution < -0.4 is 0 Å². The van der Waals surface area contributed by atoms with Crippen LogP contribution in [0.15, 0.2) is 43.0 Å². The highest BCUT2D eigenvalue weighted by Crippen LogP contribution is 2.36. The number of benzene rings is 1. The zero-order chi connectivity index (χ0) is 19.2. The highest BCUT2D eigenvalue weighted by Gasteiger charge is 2.51. The van der Waals surface area contributed by atoms with Crippen molar-refractivity contribution in [2.45, 2.75) is 64.2 Å². The van der Waals surface area contributed by atoms with Crippen LogP contribution >= 0.6 is 0 Å². The second-order valence-corrected chi connectivity index (χ2v) is 7.66. The number of likely N-dealkylation sites (tertiary alicyclic amines) is 1. The number of rotatable bonds is 6. The van der Waals surface area contributed by atoms with Crippen molar-refractivity contribution in [3.63, 3.8) is 0 Å². The molecule has 1 saturated heterocycles. The number of nitrogens with zero attached hydrogens (tertiary/aromatic N) is 1. The predicted molar refractivity (Wildman–Crippen MR) is 101 cm³/mol. The average molecular weight is 359 g/mol. The molecule has 0 saturated carbocycles. The average Bonchev–Trinajstić information content (AvgIpc) is 3.02. The molecule has 142 valence electrons. The Morgan fingerprint density at radius 2 is 1.96 bits per heavy atom. The van der Waals surface area contributed by atoms with Gasteiger partial charge >= 0.3 is 12.1 Å². The molecular weight excluding hydrogens is 330 g/mol. The molecule has 1 fully saturated rings. The van der Waals surface area contributed by atoms with Crippen LogP contribution in [-0.4, -0.2) is 34.6 Å². The molecule has 26 heavy (non-hydrogen) atoms. The van der Waals surface area contributed by atoms with Gasteiger partial charge in [-0.1, -0.05) is 36.4 Å². The Kier molecular flexibility index (Phi) is 6.46. The largest absolute Gasteiger partial charge is 0.459 e. The maximum atomic E-state index is 13.0. The summed E-state index contributed by atoms with van der Waals surface area (Å²) in [5.74, 6) is -0.369. The first-order valence-corrected chi connectivity index (χ1v) is 9.11. The summed E-state index contributed by atoms with van der Waals surface area (Å²) in [5, 5.41) is 0. The first kappa shape index (κ1) is 20.0. The standard InChI is InChI=1S/C21H29NO4/c1-5-6-13-21(18(23)25-16-17-11-8-7-9-12-17)14-10-15-22(21)19(24)26-20(2,3)4/h5,7-9,11-12H,1,6,10,13-16H2,2-4H3/t21-/m0/s1. The molecule has 0 bridgehead atoms. The number of esters is 1. The molecule has 5 heteroatoms. The third-order valence-corrected chi connectivity index (χ3v) is 4.46. The van der Waals surface area contributed by atoms with Gasteiger partial charge < -0.3 is 9.47 Å². The summed E-state index contributed by atoms with van der Waals surface area (Å²) in [6, 6.07) is 9.53. The minimum Gasteiger partial charge on any atom is -0.459 e. The van der Waals surface area contributed by atoms with E-state index in [9.17, 15) is 9.59 Å². The SMILES string of the molecule is C=CCC[C@@]1(C(=O)OCc2ccccc2)CCCN1C(=O)OC(C)(C)C. The fourth-order valence-corrected chi connectivity index (χ4v) is 3.23. The minimum absolute atomic E-state index is 0.192. The summed E-state index contributed by atoms with van der Waals surface area (Å²) in [6.45, 7) is 9.89. The van der Waals surface area contributed by atoms with E-state index in [1.807, 2.05) is 51.1 Å². The summed E-state index contributed by atoms with van der Waals surface area (Å²) in [4.78, 5) is 27.3. The van der Waals surface area contributed by atoms with Gasteiger partial charge in [-0.15, -0.1) is 6.58 Å². The molecule has 1 aromatic rings. The van der Waals surface area contributed by atoms with E-state index in [0.29, 0.717) is 25.8 Å². The zero-order valence-electron chi connectivity index (χ0n) is 16.0. The fourth-order valence-electron chi connectivity index (χ4n) is 3.23. The lowest BCUT2D eigenvalue weighted by Crippen LogP contribution is -2.54. The molecule has 2 rings (SSSR count). The quantitative estimate of drug-likeness (QED) is 0.556. The Hall–Kier alpha value is -2.30. The maximum Gasteiger partial charge on any atom is 0.411 e. The van der Waals surface area contributed by atoms with Crippen LogP contribution in [0.2, 0.25) is 0 Å². The van der Waals surface area contributed by atoms with Crippen LogP contribution in [0.1, 0.15) is 52.0 Å². The number of ether oxygens (including phenoxy) is 2. The van der Waals surface area contributed by atoms with Gasteiger partial charge in [-0.3, -0.25) is 4.90 Å². The highest BCUT2D eigenvalue weighted by atomic mass is 16.6. The van der Waals surface area contributed by atoms with Crippen molar-refractivity contribution in [3.05, 3.63) is 48.6 Å². The van der Waals surface area contributed by atoms with Gasteiger partial charge in [-0.2, -0.15) is 0 Å². The number of carbonyl (C=O) groups excluding carboxylic acids is 2. The highest BCUT2D eigenvalue weighted by molar-refractivity contribution is 5.86. The Labute approximate surface area is 156 Å². The van der Waals surface area contributed by atoms with Gasteiger partial charge in [0.15, 0.2) is 0 Å². The number of hydrogen-bond donors (Lipinski definition) is 0. The molecule has 0 N–H and O–H groups in total. The van der Waals surface area contributed by atoms with Crippen LogP contribution in [0.25, 0.3) is 0 Å². The van der Waals surface area contributed by atoms with E-state index in [2.05, 4.69) is 6.58 Å². The first-order chi connectivity index (χ1) is 12.3.